The van der Waals surface area contributed by atoms with Crippen LogP contribution in [0, 0.1) is 35.5 Å². The summed E-state index contributed by atoms with van der Waals surface area (Å²) in [7, 11) is 0. The summed E-state index contributed by atoms with van der Waals surface area (Å²) in [4.78, 5) is 27.1. The smallest absolute Gasteiger partial charge is 0.238 e. The van der Waals surface area contributed by atoms with Gasteiger partial charge in [-0.2, -0.15) is 0 Å². The summed E-state index contributed by atoms with van der Waals surface area (Å²) < 4.78 is 0. The first-order valence-electron chi connectivity index (χ1n) is 7.58. The van der Waals surface area contributed by atoms with E-state index in [4.69, 9.17) is 5.73 Å². The number of hydrogen-bond acceptors (Lipinski definition) is 3. The zero-order valence-corrected chi connectivity index (χ0v) is 11.5. The topological polar surface area (TPSA) is 63.4 Å². The maximum Gasteiger partial charge on any atom is 0.238 e. The molecule has 2 N–H and O–H groups in total. The largest absolute Gasteiger partial charge is 0.399 e. The van der Waals surface area contributed by atoms with Gasteiger partial charge >= 0.3 is 0 Å². The van der Waals surface area contributed by atoms with Gasteiger partial charge in [-0.25, -0.2) is 0 Å². The van der Waals surface area contributed by atoms with Gasteiger partial charge in [0, 0.05) is 5.69 Å². The highest BCUT2D eigenvalue weighted by atomic mass is 16.2. The number of amides is 2. The highest BCUT2D eigenvalue weighted by molar-refractivity contribution is 6.22. The first kappa shape index (κ1) is 11.5. The van der Waals surface area contributed by atoms with Crippen LogP contribution in [-0.4, -0.2) is 11.8 Å². The van der Waals surface area contributed by atoms with Crippen molar-refractivity contribution in [1.29, 1.82) is 0 Å². The van der Waals surface area contributed by atoms with Crippen LogP contribution in [0.3, 0.4) is 0 Å². The van der Waals surface area contributed by atoms with E-state index in [1.807, 2.05) is 0 Å². The average molecular weight is 280 g/mol. The second-order valence-corrected chi connectivity index (χ2v) is 6.76. The average Bonchev–Trinajstić information content (AvgIpc) is 3.26. The molecule has 2 bridgehead atoms. The van der Waals surface area contributed by atoms with Crippen LogP contribution < -0.4 is 10.6 Å². The first-order valence-corrected chi connectivity index (χ1v) is 7.58. The quantitative estimate of drug-likeness (QED) is 0.485. The van der Waals surface area contributed by atoms with Crippen molar-refractivity contribution in [2.45, 2.75) is 6.42 Å². The Morgan fingerprint density at radius 3 is 1.95 bits per heavy atom. The van der Waals surface area contributed by atoms with Crippen LogP contribution in [0.5, 0.6) is 0 Å². The van der Waals surface area contributed by atoms with Gasteiger partial charge in [0.25, 0.3) is 0 Å². The number of hydrogen-bond donors (Lipinski definition) is 1. The SMILES string of the molecule is Nc1ccc(N2C(=O)[C@@H]3[C@H](C2=O)[C@@H]2C=C[C@H]3C3CC32)cc1. The molecule has 0 radical (unpaired) electrons. The molecule has 0 aromatic heterocycles. The van der Waals surface area contributed by atoms with Gasteiger partial charge in [-0.1, -0.05) is 12.2 Å². The van der Waals surface area contributed by atoms with E-state index in [2.05, 4.69) is 12.2 Å². The summed E-state index contributed by atoms with van der Waals surface area (Å²) >= 11 is 0. The van der Waals surface area contributed by atoms with Crippen molar-refractivity contribution in [2.75, 3.05) is 10.6 Å². The Labute approximate surface area is 122 Å². The fraction of sp³-hybridized carbons (Fsp3) is 0.412. The number of imide groups is 1. The molecule has 5 aliphatic rings. The Kier molecular flexibility index (Phi) is 1.96. The highest BCUT2D eigenvalue weighted by Gasteiger charge is 2.67. The van der Waals surface area contributed by atoms with Crippen LogP contribution >= 0.6 is 0 Å². The second kappa shape index (κ2) is 3.56. The minimum atomic E-state index is -0.131. The summed E-state index contributed by atoms with van der Waals surface area (Å²) in [5.41, 5.74) is 6.98. The van der Waals surface area contributed by atoms with E-state index >= 15 is 0 Å². The van der Waals surface area contributed by atoms with Gasteiger partial charge in [-0.15, -0.1) is 0 Å². The van der Waals surface area contributed by atoms with Crippen LogP contribution in [0.4, 0.5) is 11.4 Å². The Morgan fingerprint density at radius 2 is 1.43 bits per heavy atom. The van der Waals surface area contributed by atoms with E-state index in [0.717, 1.165) is 0 Å². The van der Waals surface area contributed by atoms with Gasteiger partial charge < -0.3 is 5.73 Å². The molecule has 1 aliphatic heterocycles. The normalized spacial score (nSPS) is 42.2. The number of carbonyl (C=O) groups excluding carboxylic acids is 2. The number of carbonyl (C=O) groups is 2. The molecule has 106 valence electrons. The van der Waals surface area contributed by atoms with Gasteiger partial charge in [0.1, 0.15) is 0 Å². The predicted molar refractivity (Wildman–Crippen MR) is 78.0 cm³/mol. The number of allylic oxidation sites excluding steroid dienone is 2. The highest BCUT2D eigenvalue weighted by Crippen LogP contribution is 2.65. The molecule has 1 saturated heterocycles. The molecule has 6 atom stereocenters. The summed E-state index contributed by atoms with van der Waals surface area (Å²) in [5.74, 6) is 1.55. The van der Waals surface area contributed by atoms with Crippen LogP contribution in [0.1, 0.15) is 6.42 Å². The van der Waals surface area contributed by atoms with Crippen molar-refractivity contribution >= 4 is 23.2 Å². The summed E-state index contributed by atoms with van der Waals surface area (Å²) in [6.07, 6.45) is 5.58. The monoisotopic (exact) mass is 280 g/mol. The van der Waals surface area contributed by atoms with Gasteiger partial charge in [0.15, 0.2) is 0 Å². The number of nitrogens with two attached hydrogens (primary N) is 1. The zero-order valence-electron chi connectivity index (χ0n) is 11.5. The molecule has 21 heavy (non-hydrogen) atoms. The number of rotatable bonds is 1. The Hall–Kier alpha value is -2.10. The molecule has 4 aliphatic carbocycles. The van der Waals surface area contributed by atoms with E-state index in [-0.39, 0.29) is 35.5 Å². The molecule has 0 spiro atoms. The first-order chi connectivity index (χ1) is 10.2. The molecule has 1 aromatic rings. The Balaban J connectivity index is 1.58. The fourth-order valence-electron chi connectivity index (χ4n) is 4.83. The molecule has 2 saturated carbocycles. The number of nitrogens with zero attached hydrogens (tertiary/aromatic N) is 1. The molecule has 1 heterocycles. The number of benzene rings is 1. The van der Waals surface area contributed by atoms with E-state index in [9.17, 15) is 9.59 Å². The van der Waals surface area contributed by atoms with Gasteiger partial charge in [-0.05, 0) is 54.4 Å². The molecule has 2 amide bonds. The standard InChI is InChI=1S/C17H16N2O2/c18-8-1-3-9(4-2-8)19-16(20)14-10-5-6-11(13-7-12(10)13)15(14)17(19)21/h1-6,10-15H,7,18H2/t10-,11+,12?,13?,14-,15+. The van der Waals surface area contributed by atoms with Crippen molar-refractivity contribution < 1.29 is 9.59 Å². The maximum absolute atomic E-state index is 12.8. The van der Waals surface area contributed by atoms with E-state index < -0.39 is 0 Å². The fourth-order valence-corrected chi connectivity index (χ4v) is 4.83. The van der Waals surface area contributed by atoms with E-state index in [0.29, 0.717) is 23.2 Å². The lowest BCUT2D eigenvalue weighted by Crippen LogP contribution is -2.40. The minimum Gasteiger partial charge on any atom is -0.399 e. The number of anilines is 2. The molecule has 2 unspecified atom stereocenters. The van der Waals surface area contributed by atoms with E-state index in [1.165, 1.54) is 11.3 Å². The second-order valence-electron chi connectivity index (χ2n) is 6.76. The van der Waals surface area contributed by atoms with Gasteiger partial charge in [0.05, 0.1) is 17.5 Å². The Morgan fingerprint density at radius 1 is 0.905 bits per heavy atom. The summed E-state index contributed by atoms with van der Waals surface area (Å²) in [5, 5.41) is 0. The van der Waals surface area contributed by atoms with Crippen molar-refractivity contribution in [3.05, 3.63) is 36.4 Å². The van der Waals surface area contributed by atoms with Gasteiger partial charge in [0.2, 0.25) is 11.8 Å². The summed E-state index contributed by atoms with van der Waals surface area (Å²) in [6.45, 7) is 0. The molecular weight excluding hydrogens is 264 g/mol. The minimum absolute atomic E-state index is 0.0144. The van der Waals surface area contributed by atoms with Crippen LogP contribution in [0.25, 0.3) is 0 Å². The lowest BCUT2D eigenvalue weighted by molar-refractivity contribution is -0.124. The van der Waals surface area contributed by atoms with Crippen LogP contribution in [0.2, 0.25) is 0 Å². The lowest BCUT2D eigenvalue weighted by Gasteiger charge is -2.37. The molecule has 6 rings (SSSR count). The molecule has 1 aromatic carbocycles. The van der Waals surface area contributed by atoms with Crippen molar-refractivity contribution in [3.8, 4) is 0 Å². The zero-order chi connectivity index (χ0) is 14.3. The molecule has 3 fully saturated rings. The van der Waals surface area contributed by atoms with E-state index in [1.54, 1.807) is 24.3 Å². The third kappa shape index (κ3) is 1.30. The number of nitrogen functional groups attached to an aromatic ring is 1. The third-order valence-electron chi connectivity index (χ3n) is 5.81. The van der Waals surface area contributed by atoms with Crippen molar-refractivity contribution in [3.63, 3.8) is 0 Å². The summed E-state index contributed by atoms with van der Waals surface area (Å²) in [6, 6.07) is 7.00. The predicted octanol–water partition coefficient (Wildman–Crippen LogP) is 1.83. The van der Waals surface area contributed by atoms with Crippen LogP contribution in [0.15, 0.2) is 36.4 Å². The molecule has 4 nitrogen and oxygen atoms in total. The van der Waals surface area contributed by atoms with Crippen molar-refractivity contribution in [1.82, 2.24) is 0 Å². The van der Waals surface area contributed by atoms with Gasteiger partial charge in [-0.3, -0.25) is 14.5 Å². The van der Waals surface area contributed by atoms with Crippen molar-refractivity contribution in [2.24, 2.45) is 35.5 Å². The molecular formula is C17H16N2O2. The molecule has 4 heteroatoms. The Bertz CT molecular complexity index is 657. The maximum atomic E-state index is 12.8. The van der Waals surface area contributed by atoms with Crippen LogP contribution in [-0.2, 0) is 9.59 Å². The third-order valence-corrected chi connectivity index (χ3v) is 5.81. The lowest BCUT2D eigenvalue weighted by atomic mass is 9.63.